The van der Waals surface area contributed by atoms with Gasteiger partial charge in [0.05, 0.1) is 40.0 Å². The number of halogens is 6. The van der Waals surface area contributed by atoms with E-state index in [0.717, 1.165) is 49.6 Å². The number of aliphatic carboxylic acids is 1. The summed E-state index contributed by atoms with van der Waals surface area (Å²) in [5.41, 5.74) is -5.40. The molecule has 0 saturated carbocycles. The van der Waals surface area contributed by atoms with E-state index in [1.54, 1.807) is 0 Å². The summed E-state index contributed by atoms with van der Waals surface area (Å²) in [7, 11) is 1.08. The maximum atomic E-state index is 13.3. The molecule has 3 aromatic rings. The number of carbonyl (C=O) groups excluding carboxylic acids is 3. The van der Waals surface area contributed by atoms with Gasteiger partial charge in [-0.3, -0.25) is 14.9 Å². The van der Waals surface area contributed by atoms with Gasteiger partial charge < -0.3 is 24.6 Å². The van der Waals surface area contributed by atoms with Gasteiger partial charge in [0.2, 0.25) is 12.2 Å². The molecule has 0 saturated heterocycles. The number of esters is 2. The smallest absolute Gasteiger partial charge is 0.416 e. The van der Waals surface area contributed by atoms with Crippen molar-refractivity contribution in [3.63, 3.8) is 0 Å². The van der Waals surface area contributed by atoms with Crippen LogP contribution in [-0.4, -0.2) is 53.2 Å². The summed E-state index contributed by atoms with van der Waals surface area (Å²) in [5, 5.41) is 23.0. The Morgan fingerprint density at radius 2 is 1.29 bits per heavy atom. The molecule has 0 fully saturated rings. The quantitative estimate of drug-likeness (QED) is 0.131. The summed E-state index contributed by atoms with van der Waals surface area (Å²) in [6.07, 6.45) is -15.4. The van der Waals surface area contributed by atoms with Crippen molar-refractivity contribution in [3.8, 4) is 5.75 Å². The molecule has 18 heteroatoms. The van der Waals surface area contributed by atoms with Gasteiger partial charge in [-0.25, -0.2) is 14.4 Å². The van der Waals surface area contributed by atoms with Crippen molar-refractivity contribution in [3.05, 3.63) is 99.1 Å². The molecule has 0 heterocycles. The largest absolute Gasteiger partial charge is 0.495 e. The Bertz CT molecular complexity index is 1640. The first-order chi connectivity index (χ1) is 20.9. The summed E-state index contributed by atoms with van der Waals surface area (Å²) in [6.45, 7) is 0. The number of anilines is 1. The Kier molecular flexibility index (Phi) is 10.0. The highest BCUT2D eigenvalue weighted by Crippen LogP contribution is 2.32. The molecule has 0 aliphatic rings. The number of nitrogens with one attached hydrogen (secondary N) is 1. The average Bonchev–Trinajstić information content (AvgIpc) is 2.97. The minimum atomic E-state index is -4.93. The van der Waals surface area contributed by atoms with Crippen molar-refractivity contribution in [2.24, 2.45) is 0 Å². The van der Waals surface area contributed by atoms with Crippen LogP contribution < -0.4 is 10.1 Å². The Morgan fingerprint density at radius 3 is 1.71 bits per heavy atom. The van der Waals surface area contributed by atoms with Crippen LogP contribution in [0.3, 0.4) is 0 Å². The van der Waals surface area contributed by atoms with Gasteiger partial charge in [-0.2, -0.15) is 26.3 Å². The highest BCUT2D eigenvalue weighted by Gasteiger charge is 2.42. The number of non-ortho nitro benzene ring substituents is 1. The number of nitrogens with zero attached hydrogens (tertiary/aromatic N) is 1. The fourth-order valence-electron chi connectivity index (χ4n) is 3.62. The lowest BCUT2D eigenvalue weighted by Crippen LogP contribution is -2.48. The lowest BCUT2D eigenvalue weighted by Gasteiger charge is -2.24. The highest BCUT2D eigenvalue weighted by atomic mass is 19.4. The van der Waals surface area contributed by atoms with Gasteiger partial charge in [-0.15, -0.1) is 0 Å². The molecule has 0 spiro atoms. The molecule has 45 heavy (non-hydrogen) atoms. The number of carboxylic acids is 1. The number of carboxylic acid groups (broad SMARTS) is 1. The van der Waals surface area contributed by atoms with Gasteiger partial charge in [0.1, 0.15) is 5.75 Å². The third-order valence-corrected chi connectivity index (χ3v) is 5.75. The molecule has 12 nitrogen and oxygen atoms in total. The Hall–Kier alpha value is -5.68. The van der Waals surface area contributed by atoms with Crippen LogP contribution in [-0.2, 0) is 31.4 Å². The van der Waals surface area contributed by atoms with Crippen molar-refractivity contribution in [2.75, 3.05) is 12.4 Å². The molecule has 2 atom stereocenters. The van der Waals surface area contributed by atoms with Crippen LogP contribution in [0, 0.1) is 10.1 Å². The summed E-state index contributed by atoms with van der Waals surface area (Å²) >= 11 is 0. The fraction of sp³-hybridized carbons (Fsp3) is 0.185. The van der Waals surface area contributed by atoms with E-state index in [0.29, 0.717) is 24.3 Å². The predicted octanol–water partition coefficient (Wildman–Crippen LogP) is 5.12. The summed E-state index contributed by atoms with van der Waals surface area (Å²) < 4.78 is 93.6. The van der Waals surface area contributed by atoms with E-state index in [1.807, 2.05) is 5.32 Å². The van der Waals surface area contributed by atoms with Crippen molar-refractivity contribution in [2.45, 2.75) is 24.6 Å². The van der Waals surface area contributed by atoms with Crippen LogP contribution in [0.5, 0.6) is 5.75 Å². The third kappa shape index (κ3) is 8.46. The second kappa shape index (κ2) is 13.3. The monoisotopic (exact) mass is 644 g/mol. The van der Waals surface area contributed by atoms with E-state index in [9.17, 15) is 60.7 Å². The first kappa shape index (κ1) is 33.8. The molecule has 2 N–H and O–H groups in total. The SMILES string of the molecule is COc1ccc([N+](=O)[O-])cc1NC(=O)[C@@H](OC(=O)c1cccc(C(F)(F)F)c1)[C@@H](OC(=O)c1cccc(C(F)(F)F)c1)C(=O)O. The Balaban J connectivity index is 2.05. The average molecular weight is 644 g/mol. The normalized spacial score (nSPS) is 12.8. The summed E-state index contributed by atoms with van der Waals surface area (Å²) in [5.74, 6) is -7.50. The number of carbonyl (C=O) groups is 4. The van der Waals surface area contributed by atoms with Gasteiger partial charge >= 0.3 is 30.3 Å². The zero-order chi connectivity index (χ0) is 33.7. The molecular weight excluding hydrogens is 626 g/mol. The minimum Gasteiger partial charge on any atom is -0.495 e. The van der Waals surface area contributed by atoms with Crippen molar-refractivity contribution in [1.29, 1.82) is 0 Å². The number of rotatable bonds is 10. The maximum Gasteiger partial charge on any atom is 0.416 e. The molecule has 0 aliphatic heterocycles. The van der Waals surface area contributed by atoms with Crippen LogP contribution in [0.2, 0.25) is 0 Å². The molecule has 0 unspecified atom stereocenters. The standard InChI is InChI=1S/C27H18F6N2O10/c1-43-19-9-8-17(35(41)42)12-18(19)34-22(36)20(44-24(39)13-4-2-6-15(10-13)26(28,29)30)21(23(37)38)45-25(40)14-5-3-7-16(11-14)27(31,32)33/h2-12,20-21H,1H3,(H,34,36)(H,37,38)/t20-,21+/m0/s1. The first-order valence-electron chi connectivity index (χ1n) is 12.0. The van der Waals surface area contributed by atoms with Gasteiger partial charge in [-0.1, -0.05) is 12.1 Å². The minimum absolute atomic E-state index is 0.232. The van der Waals surface area contributed by atoms with Crippen LogP contribution in [0.15, 0.2) is 66.7 Å². The van der Waals surface area contributed by atoms with Crippen LogP contribution in [0.25, 0.3) is 0 Å². The van der Waals surface area contributed by atoms with Crippen molar-refractivity contribution < 1.29 is 69.8 Å². The number of methoxy groups -OCH3 is 1. The molecule has 0 aliphatic carbocycles. The van der Waals surface area contributed by atoms with Crippen LogP contribution in [0.4, 0.5) is 37.7 Å². The number of nitro groups is 1. The fourth-order valence-corrected chi connectivity index (χ4v) is 3.62. The molecule has 238 valence electrons. The first-order valence-corrected chi connectivity index (χ1v) is 12.0. The Morgan fingerprint density at radius 1 is 0.800 bits per heavy atom. The van der Waals surface area contributed by atoms with Gasteiger partial charge in [0.15, 0.2) is 0 Å². The summed E-state index contributed by atoms with van der Waals surface area (Å²) in [6, 6.07) is 7.77. The van der Waals surface area contributed by atoms with Crippen molar-refractivity contribution in [1.82, 2.24) is 0 Å². The van der Waals surface area contributed by atoms with E-state index in [-0.39, 0.29) is 5.75 Å². The molecular formula is C27H18F6N2O10. The zero-order valence-electron chi connectivity index (χ0n) is 22.3. The topological polar surface area (TPSA) is 171 Å². The molecule has 1 amide bonds. The molecule has 0 aromatic heterocycles. The van der Waals surface area contributed by atoms with E-state index in [4.69, 9.17) is 14.2 Å². The predicted molar refractivity (Wildman–Crippen MR) is 137 cm³/mol. The van der Waals surface area contributed by atoms with E-state index >= 15 is 0 Å². The lowest BCUT2D eigenvalue weighted by atomic mass is 10.1. The number of hydrogen-bond donors (Lipinski definition) is 2. The highest BCUT2D eigenvalue weighted by molar-refractivity contribution is 6.02. The van der Waals surface area contributed by atoms with Gasteiger partial charge in [-0.05, 0) is 42.5 Å². The Labute approximate surface area is 247 Å². The maximum absolute atomic E-state index is 13.3. The van der Waals surface area contributed by atoms with Gasteiger partial charge in [0, 0.05) is 12.1 Å². The van der Waals surface area contributed by atoms with Crippen LogP contribution in [0.1, 0.15) is 31.8 Å². The lowest BCUT2D eigenvalue weighted by molar-refractivity contribution is -0.384. The zero-order valence-corrected chi connectivity index (χ0v) is 22.3. The second-order valence-corrected chi connectivity index (χ2v) is 8.78. The number of hydrogen-bond acceptors (Lipinski definition) is 9. The molecule has 0 bridgehead atoms. The molecule has 3 aromatic carbocycles. The van der Waals surface area contributed by atoms with Gasteiger partial charge in [0.25, 0.3) is 11.6 Å². The number of benzene rings is 3. The summed E-state index contributed by atoms with van der Waals surface area (Å²) in [4.78, 5) is 61.4. The number of nitro benzene ring substituents is 1. The van der Waals surface area contributed by atoms with E-state index in [1.165, 1.54) is 0 Å². The molecule has 3 rings (SSSR count). The second-order valence-electron chi connectivity index (χ2n) is 8.78. The number of ether oxygens (including phenoxy) is 3. The van der Waals surface area contributed by atoms with Crippen LogP contribution >= 0.6 is 0 Å². The third-order valence-electron chi connectivity index (χ3n) is 5.75. The molecule has 0 radical (unpaired) electrons. The van der Waals surface area contributed by atoms with E-state index < -0.39 is 86.9 Å². The number of alkyl halides is 6. The van der Waals surface area contributed by atoms with Crippen molar-refractivity contribution >= 4 is 35.2 Å². The number of amides is 1. The van der Waals surface area contributed by atoms with E-state index in [2.05, 4.69) is 0 Å².